The Hall–Kier alpha value is -1.44. The first kappa shape index (κ1) is 13.6. The van der Waals surface area contributed by atoms with E-state index in [1.165, 1.54) is 0 Å². The number of aliphatic hydroxyl groups excluding tert-OH is 1. The van der Waals surface area contributed by atoms with Gasteiger partial charge < -0.3 is 9.84 Å². The molecule has 1 rings (SSSR count). The molecule has 3 nitrogen and oxygen atoms in total. The number of halogens is 5. The molecule has 0 aliphatic rings. The Balaban J connectivity index is 3.56. The summed E-state index contributed by atoms with van der Waals surface area (Å²) in [6.45, 7) is -1.07. The van der Waals surface area contributed by atoms with Crippen LogP contribution in [0.3, 0.4) is 0 Å². The van der Waals surface area contributed by atoms with Gasteiger partial charge in [-0.2, -0.15) is 13.2 Å². The SMILES string of the molecule is COc1cnc(C(F)F)c(C(F)(F)F)c1CO. The van der Waals surface area contributed by atoms with Crippen LogP contribution in [0.5, 0.6) is 5.75 Å². The van der Waals surface area contributed by atoms with Gasteiger partial charge in [-0.25, -0.2) is 8.78 Å². The van der Waals surface area contributed by atoms with E-state index in [4.69, 9.17) is 5.11 Å². The summed E-state index contributed by atoms with van der Waals surface area (Å²) in [5.74, 6) is -0.385. The van der Waals surface area contributed by atoms with Gasteiger partial charge in [-0.3, -0.25) is 4.98 Å². The van der Waals surface area contributed by atoms with Crippen molar-refractivity contribution < 1.29 is 31.8 Å². The van der Waals surface area contributed by atoms with E-state index in [9.17, 15) is 22.0 Å². The van der Waals surface area contributed by atoms with Gasteiger partial charge >= 0.3 is 6.18 Å². The highest BCUT2D eigenvalue weighted by molar-refractivity contribution is 5.42. The monoisotopic (exact) mass is 257 g/mol. The summed E-state index contributed by atoms with van der Waals surface area (Å²) in [6, 6.07) is 0. The second kappa shape index (κ2) is 4.82. The van der Waals surface area contributed by atoms with Crippen LogP contribution < -0.4 is 4.74 Å². The van der Waals surface area contributed by atoms with Crippen molar-refractivity contribution in [3.63, 3.8) is 0 Å². The molecule has 0 bridgehead atoms. The van der Waals surface area contributed by atoms with Crippen LogP contribution in [-0.4, -0.2) is 17.2 Å². The molecule has 0 unspecified atom stereocenters. The van der Waals surface area contributed by atoms with E-state index in [0.29, 0.717) is 0 Å². The molecule has 8 heteroatoms. The highest BCUT2D eigenvalue weighted by Crippen LogP contribution is 2.40. The Morgan fingerprint density at radius 3 is 2.35 bits per heavy atom. The minimum atomic E-state index is -5.04. The molecule has 0 fully saturated rings. The summed E-state index contributed by atoms with van der Waals surface area (Å²) in [5, 5.41) is 8.85. The number of hydrogen-bond acceptors (Lipinski definition) is 3. The summed E-state index contributed by atoms with van der Waals surface area (Å²) in [4.78, 5) is 3.02. The molecule has 0 amide bonds. The Labute approximate surface area is 92.8 Å². The maximum absolute atomic E-state index is 12.6. The molecular weight excluding hydrogens is 249 g/mol. The fraction of sp³-hybridized carbons (Fsp3) is 0.444. The van der Waals surface area contributed by atoms with Crippen LogP contribution in [0.2, 0.25) is 0 Å². The molecule has 1 aromatic heterocycles. The van der Waals surface area contributed by atoms with Gasteiger partial charge in [-0.15, -0.1) is 0 Å². The topological polar surface area (TPSA) is 42.4 Å². The number of methoxy groups -OCH3 is 1. The minimum absolute atomic E-state index is 0.385. The lowest BCUT2D eigenvalue weighted by atomic mass is 10.1. The first-order chi connectivity index (χ1) is 7.82. The van der Waals surface area contributed by atoms with Crippen molar-refractivity contribution in [1.29, 1.82) is 0 Å². The van der Waals surface area contributed by atoms with Crippen LogP contribution in [0.4, 0.5) is 22.0 Å². The second-order valence-corrected chi connectivity index (χ2v) is 3.02. The second-order valence-electron chi connectivity index (χ2n) is 3.02. The number of pyridine rings is 1. The van der Waals surface area contributed by atoms with Crippen molar-refractivity contribution in [2.24, 2.45) is 0 Å². The lowest BCUT2D eigenvalue weighted by Crippen LogP contribution is -2.16. The van der Waals surface area contributed by atoms with Crippen LogP contribution in [0.15, 0.2) is 6.20 Å². The number of nitrogens with zero attached hydrogens (tertiary/aromatic N) is 1. The Kier molecular flexibility index (Phi) is 3.87. The Morgan fingerprint density at radius 2 is 2.00 bits per heavy atom. The van der Waals surface area contributed by atoms with E-state index in [1.807, 2.05) is 0 Å². The third kappa shape index (κ3) is 2.63. The Morgan fingerprint density at radius 1 is 1.41 bits per heavy atom. The van der Waals surface area contributed by atoms with Gasteiger partial charge in [0.2, 0.25) is 0 Å². The van der Waals surface area contributed by atoms with E-state index in [1.54, 1.807) is 0 Å². The lowest BCUT2D eigenvalue weighted by Gasteiger charge is -2.17. The van der Waals surface area contributed by atoms with Crippen LogP contribution in [-0.2, 0) is 12.8 Å². The average molecular weight is 257 g/mol. The highest BCUT2D eigenvalue weighted by atomic mass is 19.4. The van der Waals surface area contributed by atoms with E-state index in [0.717, 1.165) is 13.3 Å². The molecule has 0 saturated heterocycles. The smallest absolute Gasteiger partial charge is 0.418 e. The van der Waals surface area contributed by atoms with Gasteiger partial charge in [0.1, 0.15) is 11.4 Å². The quantitative estimate of drug-likeness (QED) is 0.846. The normalized spacial score (nSPS) is 12.0. The van der Waals surface area contributed by atoms with Gasteiger partial charge in [0, 0.05) is 5.56 Å². The van der Waals surface area contributed by atoms with Gasteiger partial charge in [0.25, 0.3) is 6.43 Å². The number of rotatable bonds is 3. The zero-order valence-corrected chi connectivity index (χ0v) is 8.55. The molecule has 17 heavy (non-hydrogen) atoms. The molecular formula is C9H8F5NO2. The van der Waals surface area contributed by atoms with Crippen molar-refractivity contribution in [2.45, 2.75) is 19.2 Å². The van der Waals surface area contributed by atoms with E-state index in [2.05, 4.69) is 9.72 Å². The molecule has 1 heterocycles. The third-order valence-corrected chi connectivity index (χ3v) is 2.04. The third-order valence-electron chi connectivity index (χ3n) is 2.04. The van der Waals surface area contributed by atoms with Gasteiger partial charge in [0.15, 0.2) is 0 Å². The fourth-order valence-electron chi connectivity index (χ4n) is 1.36. The Bertz CT molecular complexity index is 405. The summed E-state index contributed by atoms with van der Waals surface area (Å²) in [7, 11) is 1.05. The molecule has 0 saturated carbocycles. The molecule has 1 N–H and O–H groups in total. The standard InChI is InChI=1S/C9H8F5NO2/c1-17-5-2-15-7(8(10)11)6(4(5)3-16)9(12,13)14/h2,8,16H,3H2,1H3. The van der Waals surface area contributed by atoms with Crippen molar-refractivity contribution in [3.05, 3.63) is 23.0 Å². The number of ether oxygens (including phenoxy) is 1. The minimum Gasteiger partial charge on any atom is -0.495 e. The predicted octanol–water partition coefficient (Wildman–Crippen LogP) is 2.54. The summed E-state index contributed by atoms with van der Waals surface area (Å²) >= 11 is 0. The fourth-order valence-corrected chi connectivity index (χ4v) is 1.36. The molecule has 96 valence electrons. The lowest BCUT2D eigenvalue weighted by molar-refractivity contribution is -0.141. The molecule has 0 spiro atoms. The van der Waals surface area contributed by atoms with Crippen molar-refractivity contribution in [2.75, 3.05) is 7.11 Å². The number of hydrogen-bond donors (Lipinski definition) is 1. The first-order valence-electron chi connectivity index (χ1n) is 4.34. The van der Waals surface area contributed by atoms with Crippen molar-refractivity contribution in [3.8, 4) is 5.75 Å². The van der Waals surface area contributed by atoms with Crippen LogP contribution in [0.25, 0.3) is 0 Å². The van der Waals surface area contributed by atoms with Crippen LogP contribution >= 0.6 is 0 Å². The average Bonchev–Trinajstić information content (AvgIpc) is 2.25. The largest absolute Gasteiger partial charge is 0.495 e. The molecule has 0 radical (unpaired) electrons. The number of aromatic nitrogens is 1. The summed E-state index contributed by atoms with van der Waals surface area (Å²) in [5.41, 5.74) is -3.80. The van der Waals surface area contributed by atoms with E-state index >= 15 is 0 Å². The van der Waals surface area contributed by atoms with Crippen LogP contribution in [0, 0.1) is 0 Å². The molecule has 0 aliphatic carbocycles. The maximum Gasteiger partial charge on any atom is 0.418 e. The van der Waals surface area contributed by atoms with Crippen molar-refractivity contribution in [1.82, 2.24) is 4.98 Å². The van der Waals surface area contributed by atoms with Crippen molar-refractivity contribution >= 4 is 0 Å². The van der Waals surface area contributed by atoms with E-state index < -0.39 is 36.0 Å². The number of aliphatic hydroxyl groups is 1. The first-order valence-corrected chi connectivity index (χ1v) is 4.34. The van der Waals surface area contributed by atoms with Gasteiger partial charge in [0.05, 0.1) is 25.5 Å². The molecule has 1 aromatic rings. The molecule has 0 aromatic carbocycles. The maximum atomic E-state index is 12.6. The highest BCUT2D eigenvalue weighted by Gasteiger charge is 2.40. The van der Waals surface area contributed by atoms with Gasteiger partial charge in [-0.1, -0.05) is 0 Å². The predicted molar refractivity (Wildman–Crippen MR) is 46.7 cm³/mol. The summed E-state index contributed by atoms with van der Waals surface area (Å²) in [6.07, 6.45) is -7.70. The van der Waals surface area contributed by atoms with E-state index in [-0.39, 0.29) is 5.75 Å². The summed E-state index contributed by atoms with van der Waals surface area (Å²) < 4.78 is 67.3. The van der Waals surface area contributed by atoms with Gasteiger partial charge in [-0.05, 0) is 0 Å². The zero-order valence-electron chi connectivity index (χ0n) is 8.55. The van der Waals surface area contributed by atoms with Crippen LogP contribution in [0.1, 0.15) is 23.2 Å². The molecule has 0 aliphatic heterocycles. The zero-order chi connectivity index (χ0) is 13.2. The number of alkyl halides is 5. The molecule has 0 atom stereocenters.